The normalized spacial score (nSPS) is 10.3. The molecule has 0 bridgehead atoms. The number of nitrogens with two attached hydrogens (primary N) is 1. The van der Waals surface area contributed by atoms with Crippen molar-refractivity contribution in [1.82, 2.24) is 4.98 Å². The van der Waals surface area contributed by atoms with Crippen molar-refractivity contribution in [3.8, 4) is 0 Å². The zero-order valence-electron chi connectivity index (χ0n) is 10.1. The van der Waals surface area contributed by atoms with Crippen LogP contribution in [-0.2, 0) is 0 Å². The Hall–Kier alpha value is -1.40. The Kier molecular flexibility index (Phi) is 4.21. The molecule has 6 heteroatoms. The first-order valence-corrected chi connectivity index (χ1v) is 7.05. The molecule has 0 radical (unpaired) electrons. The fourth-order valence-electron chi connectivity index (χ4n) is 1.59. The van der Waals surface area contributed by atoms with Gasteiger partial charge in [0.2, 0.25) is 0 Å². The van der Waals surface area contributed by atoms with Crippen molar-refractivity contribution in [2.45, 2.75) is 6.92 Å². The first-order chi connectivity index (χ1) is 8.97. The van der Waals surface area contributed by atoms with E-state index in [9.17, 15) is 4.79 Å². The van der Waals surface area contributed by atoms with E-state index >= 15 is 0 Å². The minimum atomic E-state index is -0.253. The van der Waals surface area contributed by atoms with Crippen LogP contribution in [0.3, 0.4) is 0 Å². The standard InChI is InChI=1S/C13H11Br2N3O/c1-7-11(4-5-12(15)17-7)18-13(19)9-3-2-8(14)6-10(9)16/h2-6H,16H2,1H3,(H,18,19). The second kappa shape index (κ2) is 5.71. The molecule has 0 fully saturated rings. The summed E-state index contributed by atoms with van der Waals surface area (Å²) in [4.78, 5) is 16.4. The lowest BCUT2D eigenvalue weighted by Crippen LogP contribution is -2.15. The second-order valence-corrected chi connectivity index (χ2v) is 5.68. The number of nitrogens with one attached hydrogen (secondary N) is 1. The predicted molar refractivity (Wildman–Crippen MR) is 83.2 cm³/mol. The van der Waals surface area contributed by atoms with E-state index in [4.69, 9.17) is 5.73 Å². The van der Waals surface area contributed by atoms with Crippen molar-refractivity contribution in [3.05, 3.63) is 50.7 Å². The van der Waals surface area contributed by atoms with Crippen LogP contribution in [0.5, 0.6) is 0 Å². The summed E-state index contributed by atoms with van der Waals surface area (Å²) in [6.07, 6.45) is 0. The Balaban J connectivity index is 2.25. The minimum absolute atomic E-state index is 0.253. The Bertz CT molecular complexity index is 644. The third-order valence-electron chi connectivity index (χ3n) is 2.56. The van der Waals surface area contributed by atoms with Crippen molar-refractivity contribution >= 4 is 49.1 Å². The smallest absolute Gasteiger partial charge is 0.257 e. The highest BCUT2D eigenvalue weighted by atomic mass is 79.9. The molecule has 3 N–H and O–H groups in total. The summed E-state index contributed by atoms with van der Waals surface area (Å²) in [7, 11) is 0. The Morgan fingerprint density at radius 2 is 2.00 bits per heavy atom. The molecule has 0 unspecified atom stereocenters. The molecule has 1 aromatic carbocycles. The van der Waals surface area contributed by atoms with Crippen molar-refractivity contribution in [2.75, 3.05) is 11.1 Å². The molecule has 0 aliphatic heterocycles. The third kappa shape index (κ3) is 3.33. The van der Waals surface area contributed by atoms with Crippen LogP contribution in [0, 0.1) is 6.92 Å². The summed E-state index contributed by atoms with van der Waals surface area (Å²) in [6, 6.07) is 8.71. The van der Waals surface area contributed by atoms with Gasteiger partial charge < -0.3 is 11.1 Å². The number of halogens is 2. The summed E-state index contributed by atoms with van der Waals surface area (Å²) in [6.45, 7) is 1.82. The maximum absolute atomic E-state index is 12.1. The number of carbonyl (C=O) groups excluding carboxylic acids is 1. The molecule has 0 saturated heterocycles. The van der Waals surface area contributed by atoms with Gasteiger partial charge in [-0.3, -0.25) is 4.79 Å². The number of aromatic nitrogens is 1. The Morgan fingerprint density at radius 3 is 2.63 bits per heavy atom. The first-order valence-electron chi connectivity index (χ1n) is 5.47. The minimum Gasteiger partial charge on any atom is -0.398 e. The van der Waals surface area contributed by atoms with E-state index in [-0.39, 0.29) is 5.91 Å². The molecule has 19 heavy (non-hydrogen) atoms. The molecular formula is C13H11Br2N3O. The van der Waals surface area contributed by atoms with Crippen LogP contribution in [-0.4, -0.2) is 10.9 Å². The topological polar surface area (TPSA) is 68.0 Å². The lowest BCUT2D eigenvalue weighted by atomic mass is 10.1. The van der Waals surface area contributed by atoms with Gasteiger partial charge in [-0.2, -0.15) is 0 Å². The van der Waals surface area contributed by atoms with Crippen molar-refractivity contribution in [2.24, 2.45) is 0 Å². The molecule has 4 nitrogen and oxygen atoms in total. The molecule has 1 amide bonds. The van der Waals surface area contributed by atoms with Gasteiger partial charge in [-0.25, -0.2) is 4.98 Å². The molecule has 0 atom stereocenters. The van der Waals surface area contributed by atoms with Gasteiger partial charge in [0.1, 0.15) is 4.60 Å². The van der Waals surface area contributed by atoms with E-state index in [1.54, 1.807) is 30.3 Å². The number of pyridine rings is 1. The zero-order valence-corrected chi connectivity index (χ0v) is 13.2. The SMILES string of the molecule is Cc1nc(Br)ccc1NC(=O)c1ccc(Br)cc1N. The molecule has 2 rings (SSSR count). The number of anilines is 2. The molecule has 1 aromatic heterocycles. The quantitative estimate of drug-likeness (QED) is 0.612. The lowest BCUT2D eigenvalue weighted by molar-refractivity contribution is 0.102. The molecule has 0 aliphatic carbocycles. The molecule has 0 spiro atoms. The first kappa shape index (κ1) is 14.0. The Morgan fingerprint density at radius 1 is 1.26 bits per heavy atom. The van der Waals surface area contributed by atoms with Gasteiger partial charge in [-0.1, -0.05) is 15.9 Å². The second-order valence-electron chi connectivity index (χ2n) is 3.95. The fraction of sp³-hybridized carbons (Fsp3) is 0.0769. The van der Waals surface area contributed by atoms with Gasteiger partial charge in [-0.05, 0) is 53.2 Å². The third-order valence-corrected chi connectivity index (χ3v) is 3.49. The van der Waals surface area contributed by atoms with Gasteiger partial charge >= 0.3 is 0 Å². The van der Waals surface area contributed by atoms with Gasteiger partial charge in [0.05, 0.1) is 16.9 Å². The van der Waals surface area contributed by atoms with E-state index < -0.39 is 0 Å². The van der Waals surface area contributed by atoms with Crippen molar-refractivity contribution < 1.29 is 4.79 Å². The number of benzene rings is 1. The molecular weight excluding hydrogens is 374 g/mol. The highest BCUT2D eigenvalue weighted by Gasteiger charge is 2.11. The van der Waals surface area contributed by atoms with Gasteiger partial charge in [0.15, 0.2) is 0 Å². The highest BCUT2D eigenvalue weighted by Crippen LogP contribution is 2.21. The summed E-state index contributed by atoms with van der Waals surface area (Å²) < 4.78 is 1.56. The lowest BCUT2D eigenvalue weighted by Gasteiger charge is -2.09. The molecule has 1 heterocycles. The number of carbonyl (C=O) groups is 1. The number of hydrogen-bond acceptors (Lipinski definition) is 3. The van der Waals surface area contributed by atoms with Gasteiger partial charge in [0, 0.05) is 10.2 Å². The van der Waals surface area contributed by atoms with Crippen LogP contribution in [0.25, 0.3) is 0 Å². The van der Waals surface area contributed by atoms with E-state index in [0.717, 1.165) is 14.8 Å². The monoisotopic (exact) mass is 383 g/mol. The number of hydrogen-bond donors (Lipinski definition) is 2. The van der Waals surface area contributed by atoms with Gasteiger partial charge in [-0.15, -0.1) is 0 Å². The molecule has 2 aromatic rings. The van der Waals surface area contributed by atoms with Crippen molar-refractivity contribution in [3.63, 3.8) is 0 Å². The van der Waals surface area contributed by atoms with Crippen LogP contribution in [0.4, 0.5) is 11.4 Å². The van der Waals surface area contributed by atoms with Gasteiger partial charge in [0.25, 0.3) is 5.91 Å². The van der Waals surface area contributed by atoms with Crippen LogP contribution < -0.4 is 11.1 Å². The average Bonchev–Trinajstić information content (AvgIpc) is 2.32. The molecule has 98 valence electrons. The summed E-state index contributed by atoms with van der Waals surface area (Å²) in [5.41, 5.74) is 8.08. The van der Waals surface area contributed by atoms with E-state index in [1.165, 1.54) is 0 Å². The number of nitrogens with zero attached hydrogens (tertiary/aromatic N) is 1. The van der Waals surface area contributed by atoms with E-state index in [1.807, 2.05) is 6.92 Å². The number of aryl methyl sites for hydroxylation is 1. The van der Waals surface area contributed by atoms with E-state index in [2.05, 4.69) is 42.2 Å². The summed E-state index contributed by atoms with van der Waals surface area (Å²) in [5.74, 6) is -0.253. The zero-order chi connectivity index (χ0) is 14.0. The van der Waals surface area contributed by atoms with Crippen LogP contribution >= 0.6 is 31.9 Å². The predicted octanol–water partition coefficient (Wildman–Crippen LogP) is 3.75. The molecule has 0 aliphatic rings. The summed E-state index contributed by atoms with van der Waals surface area (Å²) in [5, 5.41) is 2.80. The van der Waals surface area contributed by atoms with Crippen LogP contribution in [0.2, 0.25) is 0 Å². The van der Waals surface area contributed by atoms with E-state index in [0.29, 0.717) is 16.9 Å². The maximum atomic E-state index is 12.1. The van der Waals surface area contributed by atoms with Crippen LogP contribution in [0.15, 0.2) is 39.4 Å². The van der Waals surface area contributed by atoms with Crippen molar-refractivity contribution in [1.29, 1.82) is 0 Å². The largest absolute Gasteiger partial charge is 0.398 e. The number of rotatable bonds is 2. The fourth-order valence-corrected chi connectivity index (χ4v) is 2.37. The number of amides is 1. The summed E-state index contributed by atoms with van der Waals surface area (Å²) >= 11 is 6.58. The maximum Gasteiger partial charge on any atom is 0.257 e. The van der Waals surface area contributed by atoms with Crippen LogP contribution in [0.1, 0.15) is 16.1 Å². The molecule has 0 saturated carbocycles. The average molecular weight is 385 g/mol. The highest BCUT2D eigenvalue weighted by molar-refractivity contribution is 9.10. The number of nitrogen functional groups attached to an aromatic ring is 1. The Labute approximate surface area is 127 Å².